The summed E-state index contributed by atoms with van der Waals surface area (Å²) in [6.07, 6.45) is -3.95. The van der Waals surface area contributed by atoms with Gasteiger partial charge in [0.1, 0.15) is 0 Å². The highest BCUT2D eigenvalue weighted by Crippen LogP contribution is 2.29. The van der Waals surface area contributed by atoms with Crippen LogP contribution >= 0.6 is 0 Å². The maximum atomic E-state index is 12.6. The van der Waals surface area contributed by atoms with Crippen LogP contribution in [0.3, 0.4) is 0 Å². The second-order valence-electron chi connectivity index (χ2n) is 4.60. The van der Waals surface area contributed by atoms with Gasteiger partial charge in [-0.1, -0.05) is 6.07 Å². The Kier molecular flexibility index (Phi) is 3.80. The van der Waals surface area contributed by atoms with E-state index in [2.05, 4.69) is 0 Å². The number of likely N-dealkylation sites (tertiary alicyclic amines) is 1. The fourth-order valence-corrected chi connectivity index (χ4v) is 2.08. The number of alkyl halides is 3. The Morgan fingerprint density at radius 2 is 1.89 bits per heavy atom. The van der Waals surface area contributed by atoms with Crippen LogP contribution in [0.2, 0.25) is 0 Å². The molecule has 1 heterocycles. The first-order chi connectivity index (χ1) is 8.88. The number of halogens is 3. The van der Waals surface area contributed by atoms with Gasteiger partial charge in [0.2, 0.25) is 0 Å². The first-order valence-electron chi connectivity index (χ1n) is 6.02. The number of hydrogen-bond donors (Lipinski definition) is 1. The van der Waals surface area contributed by atoms with Crippen molar-refractivity contribution in [1.29, 1.82) is 0 Å². The zero-order chi connectivity index (χ0) is 14.0. The SMILES string of the molecule is O=C(c1cccc(C(F)(F)F)c1)N1CCC(O)CC1. The third kappa shape index (κ3) is 3.26. The maximum absolute atomic E-state index is 12.6. The second kappa shape index (κ2) is 5.21. The maximum Gasteiger partial charge on any atom is 0.416 e. The summed E-state index contributed by atoms with van der Waals surface area (Å²) in [5.41, 5.74) is -0.790. The van der Waals surface area contributed by atoms with Gasteiger partial charge >= 0.3 is 6.18 Å². The lowest BCUT2D eigenvalue weighted by atomic mass is 10.1. The van der Waals surface area contributed by atoms with E-state index in [1.165, 1.54) is 17.0 Å². The molecule has 2 rings (SSSR count). The summed E-state index contributed by atoms with van der Waals surface area (Å²) in [5, 5.41) is 9.34. The molecule has 0 aliphatic carbocycles. The Morgan fingerprint density at radius 1 is 1.26 bits per heavy atom. The smallest absolute Gasteiger partial charge is 0.393 e. The third-order valence-electron chi connectivity index (χ3n) is 3.19. The molecular formula is C13H14F3NO2. The molecule has 1 aromatic rings. The molecule has 3 nitrogen and oxygen atoms in total. The zero-order valence-electron chi connectivity index (χ0n) is 10.2. The van der Waals surface area contributed by atoms with Crippen molar-refractivity contribution < 1.29 is 23.1 Å². The van der Waals surface area contributed by atoms with Crippen LogP contribution in [0, 0.1) is 0 Å². The van der Waals surface area contributed by atoms with E-state index in [-0.39, 0.29) is 5.56 Å². The van der Waals surface area contributed by atoms with Gasteiger partial charge in [-0.05, 0) is 31.0 Å². The van der Waals surface area contributed by atoms with E-state index >= 15 is 0 Å². The summed E-state index contributed by atoms with van der Waals surface area (Å²) in [4.78, 5) is 13.5. The van der Waals surface area contributed by atoms with Gasteiger partial charge in [0.15, 0.2) is 0 Å². The quantitative estimate of drug-likeness (QED) is 0.853. The number of rotatable bonds is 1. The van der Waals surface area contributed by atoms with Gasteiger partial charge in [0.25, 0.3) is 5.91 Å². The lowest BCUT2D eigenvalue weighted by Gasteiger charge is -2.29. The summed E-state index contributed by atoms with van der Waals surface area (Å²) >= 11 is 0. The Bertz CT molecular complexity index is 465. The molecule has 104 valence electrons. The van der Waals surface area contributed by atoms with Crippen molar-refractivity contribution in [1.82, 2.24) is 4.90 Å². The highest BCUT2D eigenvalue weighted by Gasteiger charge is 2.31. The molecule has 6 heteroatoms. The number of benzene rings is 1. The summed E-state index contributed by atoms with van der Waals surface area (Å²) in [6, 6.07) is 4.42. The molecular weight excluding hydrogens is 259 g/mol. The van der Waals surface area contributed by atoms with Gasteiger partial charge in [0.05, 0.1) is 11.7 Å². The molecule has 1 aliphatic rings. The Morgan fingerprint density at radius 3 is 2.47 bits per heavy atom. The molecule has 1 amide bonds. The fraction of sp³-hybridized carbons (Fsp3) is 0.462. The van der Waals surface area contributed by atoms with Crippen LogP contribution in [0.1, 0.15) is 28.8 Å². The summed E-state index contributed by atoms with van der Waals surface area (Å²) < 4.78 is 37.7. The van der Waals surface area contributed by atoms with Crippen LogP contribution in [0.15, 0.2) is 24.3 Å². The topological polar surface area (TPSA) is 40.5 Å². The number of piperidine rings is 1. The number of aliphatic hydroxyl groups is 1. The van der Waals surface area contributed by atoms with Gasteiger partial charge in [-0.2, -0.15) is 13.2 Å². The Labute approximate surface area is 108 Å². The minimum atomic E-state index is -4.45. The summed E-state index contributed by atoms with van der Waals surface area (Å²) in [6.45, 7) is 0.743. The number of carbonyl (C=O) groups excluding carboxylic acids is 1. The number of carbonyl (C=O) groups is 1. The van der Waals surface area contributed by atoms with Crippen LogP contribution < -0.4 is 0 Å². The lowest BCUT2D eigenvalue weighted by molar-refractivity contribution is -0.137. The molecule has 1 aliphatic heterocycles. The van der Waals surface area contributed by atoms with Crippen LogP contribution in [0.5, 0.6) is 0 Å². The van der Waals surface area contributed by atoms with E-state index in [9.17, 15) is 23.1 Å². The van der Waals surface area contributed by atoms with E-state index in [1.807, 2.05) is 0 Å². The van der Waals surface area contributed by atoms with Gasteiger partial charge in [-0.15, -0.1) is 0 Å². The first kappa shape index (κ1) is 13.9. The molecule has 0 spiro atoms. The Hall–Kier alpha value is -1.56. The van der Waals surface area contributed by atoms with Crippen molar-refractivity contribution in [3.05, 3.63) is 35.4 Å². The predicted octanol–water partition coefficient (Wildman–Crippen LogP) is 2.30. The summed E-state index contributed by atoms with van der Waals surface area (Å²) in [5.74, 6) is -0.419. The van der Waals surface area contributed by atoms with Crippen LogP contribution in [0.4, 0.5) is 13.2 Å². The van der Waals surface area contributed by atoms with Gasteiger partial charge in [0, 0.05) is 18.7 Å². The lowest BCUT2D eigenvalue weighted by Crippen LogP contribution is -2.40. The van der Waals surface area contributed by atoms with Crippen molar-refractivity contribution >= 4 is 5.91 Å². The number of nitrogens with zero attached hydrogens (tertiary/aromatic N) is 1. The molecule has 0 radical (unpaired) electrons. The van der Waals surface area contributed by atoms with Gasteiger partial charge < -0.3 is 10.0 Å². The molecule has 1 aromatic carbocycles. The van der Waals surface area contributed by atoms with Crippen molar-refractivity contribution in [3.8, 4) is 0 Å². The summed E-state index contributed by atoms with van der Waals surface area (Å²) in [7, 11) is 0. The van der Waals surface area contributed by atoms with Crippen LogP contribution in [-0.2, 0) is 6.18 Å². The highest BCUT2D eigenvalue weighted by molar-refractivity contribution is 5.94. The standard InChI is InChI=1S/C13H14F3NO2/c14-13(15,16)10-3-1-2-9(8-10)12(19)17-6-4-11(18)5-7-17/h1-3,8,11,18H,4-7H2. The van der Waals surface area contributed by atoms with Gasteiger partial charge in [-0.25, -0.2) is 0 Å². The molecule has 0 saturated carbocycles. The molecule has 19 heavy (non-hydrogen) atoms. The van der Waals surface area contributed by atoms with Crippen LogP contribution in [-0.4, -0.2) is 35.1 Å². The molecule has 0 bridgehead atoms. The second-order valence-corrected chi connectivity index (χ2v) is 4.60. The number of amides is 1. The predicted molar refractivity (Wildman–Crippen MR) is 62.6 cm³/mol. The van der Waals surface area contributed by atoms with E-state index in [1.54, 1.807) is 0 Å². The van der Waals surface area contributed by atoms with Gasteiger partial charge in [-0.3, -0.25) is 4.79 Å². The minimum Gasteiger partial charge on any atom is -0.393 e. The average molecular weight is 273 g/mol. The monoisotopic (exact) mass is 273 g/mol. The van der Waals surface area contributed by atoms with Crippen LogP contribution in [0.25, 0.3) is 0 Å². The normalized spacial score (nSPS) is 17.6. The van der Waals surface area contributed by atoms with E-state index in [4.69, 9.17) is 0 Å². The molecule has 1 saturated heterocycles. The average Bonchev–Trinajstić information content (AvgIpc) is 2.38. The molecule has 1 fully saturated rings. The molecule has 0 aromatic heterocycles. The van der Waals surface area contributed by atoms with Crippen molar-refractivity contribution in [2.75, 3.05) is 13.1 Å². The fourth-order valence-electron chi connectivity index (χ4n) is 2.08. The minimum absolute atomic E-state index is 0.0335. The molecule has 0 atom stereocenters. The highest BCUT2D eigenvalue weighted by atomic mass is 19.4. The first-order valence-corrected chi connectivity index (χ1v) is 6.02. The molecule has 1 N–H and O–H groups in total. The molecule has 0 unspecified atom stereocenters. The third-order valence-corrected chi connectivity index (χ3v) is 3.19. The van der Waals surface area contributed by atoms with E-state index in [0.29, 0.717) is 25.9 Å². The van der Waals surface area contributed by atoms with Crippen molar-refractivity contribution in [2.45, 2.75) is 25.1 Å². The zero-order valence-corrected chi connectivity index (χ0v) is 10.2. The largest absolute Gasteiger partial charge is 0.416 e. The number of aliphatic hydroxyl groups excluding tert-OH is 1. The van der Waals surface area contributed by atoms with E-state index < -0.39 is 23.8 Å². The van der Waals surface area contributed by atoms with E-state index in [0.717, 1.165) is 12.1 Å². The van der Waals surface area contributed by atoms with Crippen molar-refractivity contribution in [2.24, 2.45) is 0 Å². The Balaban J connectivity index is 2.15. The van der Waals surface area contributed by atoms with Crippen molar-refractivity contribution in [3.63, 3.8) is 0 Å². The number of hydrogen-bond acceptors (Lipinski definition) is 2.